The largest absolute Gasteiger partial charge is 0.480 e. The van der Waals surface area contributed by atoms with E-state index in [-0.39, 0.29) is 12.0 Å². The Labute approximate surface area is 83.2 Å². The highest BCUT2D eigenvalue weighted by Crippen LogP contribution is 2.28. The smallest absolute Gasteiger partial charge is 0.223 e. The fourth-order valence-electron chi connectivity index (χ4n) is 1.58. The van der Waals surface area contributed by atoms with Gasteiger partial charge in [-0.15, -0.1) is 0 Å². The Hall–Kier alpha value is -1.51. The van der Waals surface area contributed by atoms with Gasteiger partial charge in [-0.3, -0.25) is 5.41 Å². The second kappa shape index (κ2) is 3.70. The molecule has 1 atom stereocenters. The minimum Gasteiger partial charge on any atom is -0.480 e. The van der Waals surface area contributed by atoms with Crippen molar-refractivity contribution in [2.45, 2.75) is 19.4 Å². The Kier molecular flexibility index (Phi) is 2.39. The number of hydrogen-bond acceptors (Lipinski definition) is 3. The van der Waals surface area contributed by atoms with Crippen LogP contribution in [0.2, 0.25) is 0 Å². The van der Waals surface area contributed by atoms with Crippen LogP contribution in [0.4, 0.5) is 0 Å². The highest BCUT2D eigenvalue weighted by molar-refractivity contribution is 5.79. The molecule has 0 radical (unpaired) electrons. The van der Waals surface area contributed by atoms with Gasteiger partial charge in [-0.2, -0.15) is 0 Å². The first-order valence-electron chi connectivity index (χ1n) is 4.77. The lowest BCUT2D eigenvalue weighted by atomic mass is 10.1. The first-order valence-corrected chi connectivity index (χ1v) is 4.77. The van der Waals surface area contributed by atoms with Gasteiger partial charge in [-0.1, -0.05) is 18.2 Å². The van der Waals surface area contributed by atoms with Gasteiger partial charge in [0.15, 0.2) is 6.10 Å². The van der Waals surface area contributed by atoms with Gasteiger partial charge in [0, 0.05) is 6.42 Å². The molecular formula is C11H13NO2. The van der Waals surface area contributed by atoms with Gasteiger partial charge in [0.1, 0.15) is 5.75 Å². The summed E-state index contributed by atoms with van der Waals surface area (Å²) in [6, 6.07) is 7.86. The van der Waals surface area contributed by atoms with Gasteiger partial charge in [0.2, 0.25) is 5.90 Å². The fourth-order valence-corrected chi connectivity index (χ4v) is 1.58. The molecule has 3 nitrogen and oxygen atoms in total. The molecule has 3 heteroatoms. The summed E-state index contributed by atoms with van der Waals surface area (Å²) in [5.41, 5.74) is 1.15. The van der Waals surface area contributed by atoms with Gasteiger partial charge < -0.3 is 9.47 Å². The second-order valence-electron chi connectivity index (χ2n) is 3.22. The lowest BCUT2D eigenvalue weighted by Gasteiger charge is -2.11. The molecule has 0 spiro atoms. The minimum absolute atomic E-state index is 0.226. The topological polar surface area (TPSA) is 42.3 Å². The van der Waals surface area contributed by atoms with Gasteiger partial charge >= 0.3 is 0 Å². The van der Waals surface area contributed by atoms with E-state index in [0.717, 1.165) is 17.7 Å². The molecule has 0 aliphatic carbocycles. The maximum atomic E-state index is 7.61. The van der Waals surface area contributed by atoms with Gasteiger partial charge in [0.05, 0.1) is 6.61 Å². The average Bonchev–Trinajstić information content (AvgIpc) is 2.61. The lowest BCUT2D eigenvalue weighted by Crippen LogP contribution is -2.26. The number of para-hydroxylation sites is 1. The van der Waals surface area contributed by atoms with E-state index in [0.29, 0.717) is 6.61 Å². The van der Waals surface area contributed by atoms with Crippen LogP contribution in [0.5, 0.6) is 5.75 Å². The summed E-state index contributed by atoms with van der Waals surface area (Å²) in [5, 5.41) is 7.61. The van der Waals surface area contributed by atoms with E-state index >= 15 is 0 Å². The first kappa shape index (κ1) is 9.06. The van der Waals surface area contributed by atoms with Crippen LogP contribution < -0.4 is 4.74 Å². The average molecular weight is 191 g/mol. The van der Waals surface area contributed by atoms with Crippen LogP contribution >= 0.6 is 0 Å². The van der Waals surface area contributed by atoms with Crippen LogP contribution in [0.3, 0.4) is 0 Å². The second-order valence-corrected chi connectivity index (χ2v) is 3.22. The van der Waals surface area contributed by atoms with E-state index in [1.165, 1.54) is 0 Å². The molecule has 14 heavy (non-hydrogen) atoms. The molecule has 0 amide bonds. The van der Waals surface area contributed by atoms with Crippen molar-refractivity contribution in [2.75, 3.05) is 6.61 Å². The molecule has 0 fully saturated rings. The normalized spacial score (nSPS) is 18.5. The summed E-state index contributed by atoms with van der Waals surface area (Å²) in [7, 11) is 0. The van der Waals surface area contributed by atoms with Gasteiger partial charge in [-0.25, -0.2) is 0 Å². The summed E-state index contributed by atoms with van der Waals surface area (Å²) in [5.74, 6) is 1.10. The van der Waals surface area contributed by atoms with E-state index in [9.17, 15) is 0 Å². The van der Waals surface area contributed by atoms with Crippen LogP contribution in [0.1, 0.15) is 12.5 Å². The number of benzene rings is 1. The predicted molar refractivity (Wildman–Crippen MR) is 53.9 cm³/mol. The quantitative estimate of drug-likeness (QED) is 0.574. The molecule has 1 aliphatic heterocycles. The number of nitrogens with one attached hydrogen (secondary N) is 1. The Morgan fingerprint density at radius 2 is 2.36 bits per heavy atom. The molecule has 0 bridgehead atoms. The number of fused-ring (bicyclic) bond motifs is 1. The monoisotopic (exact) mass is 191 g/mol. The van der Waals surface area contributed by atoms with Crippen molar-refractivity contribution in [3.63, 3.8) is 0 Å². The number of ether oxygens (including phenoxy) is 2. The third-order valence-corrected chi connectivity index (χ3v) is 2.24. The molecule has 1 unspecified atom stereocenters. The van der Waals surface area contributed by atoms with Crippen LogP contribution in [-0.4, -0.2) is 18.6 Å². The predicted octanol–water partition coefficient (Wildman–Crippen LogP) is 2.00. The Morgan fingerprint density at radius 1 is 1.57 bits per heavy atom. The van der Waals surface area contributed by atoms with Crippen LogP contribution in [-0.2, 0) is 11.2 Å². The fraction of sp³-hybridized carbons (Fsp3) is 0.364. The summed E-state index contributed by atoms with van der Waals surface area (Å²) < 4.78 is 10.7. The highest BCUT2D eigenvalue weighted by atomic mass is 16.5. The number of rotatable bonds is 2. The molecule has 1 N–H and O–H groups in total. The molecule has 0 saturated heterocycles. The van der Waals surface area contributed by atoms with Crippen molar-refractivity contribution in [3.8, 4) is 5.75 Å². The van der Waals surface area contributed by atoms with Crippen molar-refractivity contribution >= 4 is 5.90 Å². The molecule has 0 saturated carbocycles. The molecular weight excluding hydrogens is 178 g/mol. The van der Waals surface area contributed by atoms with E-state index in [1.807, 2.05) is 31.2 Å². The summed E-state index contributed by atoms with van der Waals surface area (Å²) in [6.07, 6.45) is 0.516. The Morgan fingerprint density at radius 3 is 3.07 bits per heavy atom. The van der Waals surface area contributed by atoms with Gasteiger partial charge in [-0.05, 0) is 18.6 Å². The maximum Gasteiger partial charge on any atom is 0.223 e. The molecule has 0 aromatic heterocycles. The van der Waals surface area contributed by atoms with Crippen LogP contribution in [0, 0.1) is 5.41 Å². The standard InChI is InChI=1S/C11H13NO2/c1-2-13-11(12)10-7-8-5-3-4-6-9(8)14-10/h3-6,10,12H,2,7H2,1H3. The first-order chi connectivity index (χ1) is 6.81. The molecule has 1 aromatic rings. The van der Waals surface area contributed by atoms with Crippen molar-refractivity contribution in [1.82, 2.24) is 0 Å². The zero-order valence-electron chi connectivity index (χ0n) is 8.12. The summed E-state index contributed by atoms with van der Waals surface area (Å²) in [4.78, 5) is 0. The number of hydrogen-bond donors (Lipinski definition) is 1. The van der Waals surface area contributed by atoms with Crippen molar-refractivity contribution in [2.24, 2.45) is 0 Å². The summed E-state index contributed by atoms with van der Waals surface area (Å²) in [6.45, 7) is 2.39. The molecule has 74 valence electrons. The van der Waals surface area contributed by atoms with Crippen LogP contribution in [0.25, 0.3) is 0 Å². The van der Waals surface area contributed by atoms with Gasteiger partial charge in [0.25, 0.3) is 0 Å². The SMILES string of the molecule is CCOC(=N)C1Cc2ccccc2O1. The minimum atomic E-state index is -0.229. The third kappa shape index (κ3) is 1.58. The molecule has 2 rings (SSSR count). The highest BCUT2D eigenvalue weighted by Gasteiger charge is 2.26. The zero-order chi connectivity index (χ0) is 9.97. The van der Waals surface area contributed by atoms with Crippen LogP contribution in [0.15, 0.2) is 24.3 Å². The van der Waals surface area contributed by atoms with E-state index in [4.69, 9.17) is 14.9 Å². The van der Waals surface area contributed by atoms with Crippen molar-refractivity contribution in [3.05, 3.63) is 29.8 Å². The van der Waals surface area contributed by atoms with E-state index < -0.39 is 0 Å². The molecule has 1 aromatic carbocycles. The third-order valence-electron chi connectivity index (χ3n) is 2.24. The van der Waals surface area contributed by atoms with Crippen molar-refractivity contribution < 1.29 is 9.47 Å². The molecule has 1 aliphatic rings. The molecule has 1 heterocycles. The lowest BCUT2D eigenvalue weighted by molar-refractivity contribution is 0.227. The Balaban J connectivity index is 2.08. The van der Waals surface area contributed by atoms with E-state index in [2.05, 4.69) is 0 Å². The van der Waals surface area contributed by atoms with E-state index in [1.54, 1.807) is 0 Å². The summed E-state index contributed by atoms with van der Waals surface area (Å²) >= 11 is 0. The Bertz CT molecular complexity index is 324. The van der Waals surface area contributed by atoms with Crippen molar-refractivity contribution in [1.29, 1.82) is 5.41 Å². The zero-order valence-corrected chi connectivity index (χ0v) is 8.12. The maximum absolute atomic E-state index is 7.61.